The third kappa shape index (κ3) is 3.00. The van der Waals surface area contributed by atoms with Gasteiger partial charge in [0.1, 0.15) is 23.0 Å². The zero-order valence-electron chi connectivity index (χ0n) is 16.8. The van der Waals surface area contributed by atoms with Crippen molar-refractivity contribution < 1.29 is 18.7 Å². The number of hydrogen-bond donors (Lipinski definition) is 1. The number of aromatic hydroxyl groups is 1. The molecular weight excluding hydrogens is 387 g/mol. The van der Waals surface area contributed by atoms with Gasteiger partial charge in [0.2, 0.25) is 11.7 Å². The second-order valence-electron chi connectivity index (χ2n) is 7.80. The normalized spacial score (nSPS) is 14.7. The largest absolute Gasteiger partial charge is 0.494 e. The van der Waals surface area contributed by atoms with E-state index in [0.29, 0.717) is 29.4 Å². The first-order chi connectivity index (χ1) is 14.3. The van der Waals surface area contributed by atoms with Crippen LogP contribution in [0.15, 0.2) is 27.4 Å². The number of hydrogen-bond acceptors (Lipinski definition) is 5. The lowest BCUT2D eigenvalue weighted by molar-refractivity contribution is 0.100. The van der Waals surface area contributed by atoms with E-state index in [-0.39, 0.29) is 28.5 Å². The van der Waals surface area contributed by atoms with E-state index in [1.54, 1.807) is 6.92 Å². The summed E-state index contributed by atoms with van der Waals surface area (Å²) in [4.78, 5) is 26.3. The minimum Gasteiger partial charge on any atom is -0.494 e. The molecule has 0 spiro atoms. The van der Waals surface area contributed by atoms with E-state index >= 15 is 0 Å². The highest BCUT2D eigenvalue weighted by Crippen LogP contribution is 2.35. The van der Waals surface area contributed by atoms with Gasteiger partial charge in [-0.3, -0.25) is 14.2 Å². The van der Waals surface area contributed by atoms with Gasteiger partial charge in [-0.1, -0.05) is 19.3 Å². The minimum absolute atomic E-state index is 0.0493. The Morgan fingerprint density at radius 2 is 1.93 bits per heavy atom. The van der Waals surface area contributed by atoms with Crippen molar-refractivity contribution in [1.82, 2.24) is 4.57 Å². The van der Waals surface area contributed by atoms with E-state index in [9.17, 15) is 24.3 Å². The fraction of sp³-hybridized carbons (Fsp3) is 0.348. The summed E-state index contributed by atoms with van der Waals surface area (Å²) >= 11 is 0. The van der Waals surface area contributed by atoms with Crippen molar-refractivity contribution in [1.29, 1.82) is 5.26 Å². The number of halogens is 1. The van der Waals surface area contributed by atoms with Crippen molar-refractivity contribution in [3.8, 4) is 11.9 Å². The molecular formula is C23H21FN2O4. The number of fused-ring (bicyclic) bond motifs is 1. The molecule has 30 heavy (non-hydrogen) atoms. The number of benzene rings is 1. The fourth-order valence-electron chi connectivity index (χ4n) is 4.39. The lowest BCUT2D eigenvalue weighted by atomic mass is 9.93. The van der Waals surface area contributed by atoms with Crippen molar-refractivity contribution >= 4 is 16.8 Å². The van der Waals surface area contributed by atoms with Crippen LogP contribution in [0.1, 0.15) is 71.0 Å². The van der Waals surface area contributed by atoms with E-state index in [2.05, 4.69) is 0 Å². The number of nitrogens with zero attached hydrogens (tertiary/aromatic N) is 2. The number of aryl methyl sites for hydroxylation is 1. The maximum absolute atomic E-state index is 13.6. The molecule has 1 fully saturated rings. The Balaban J connectivity index is 1.94. The Morgan fingerprint density at radius 1 is 1.23 bits per heavy atom. The second-order valence-corrected chi connectivity index (χ2v) is 7.80. The molecule has 154 valence electrons. The Bertz CT molecular complexity index is 1270. The molecule has 4 rings (SSSR count). The molecule has 1 aliphatic rings. The highest BCUT2D eigenvalue weighted by Gasteiger charge is 2.31. The SMILES string of the molecule is Cc1c(C(=O)c2oc3ccc(F)cc3c2C)c(O)n(C2CCCCC2)c(=O)c1C#N. The molecule has 0 bridgehead atoms. The molecule has 1 aromatic carbocycles. The van der Waals surface area contributed by atoms with Gasteiger partial charge in [-0.15, -0.1) is 0 Å². The van der Waals surface area contributed by atoms with Gasteiger partial charge in [-0.2, -0.15) is 5.26 Å². The summed E-state index contributed by atoms with van der Waals surface area (Å²) in [6, 6.07) is 5.57. The fourth-order valence-corrected chi connectivity index (χ4v) is 4.39. The van der Waals surface area contributed by atoms with Crippen LogP contribution in [0.2, 0.25) is 0 Å². The first-order valence-electron chi connectivity index (χ1n) is 9.96. The molecule has 0 aliphatic heterocycles. The maximum atomic E-state index is 13.6. The van der Waals surface area contributed by atoms with Crippen molar-refractivity contribution in [2.24, 2.45) is 0 Å². The quantitative estimate of drug-likeness (QED) is 0.636. The van der Waals surface area contributed by atoms with Gasteiger partial charge in [0.05, 0.1) is 5.56 Å². The van der Waals surface area contributed by atoms with Crippen LogP contribution in [0.5, 0.6) is 5.88 Å². The molecule has 6 nitrogen and oxygen atoms in total. The molecule has 7 heteroatoms. The van der Waals surface area contributed by atoms with E-state index in [0.717, 1.165) is 19.3 Å². The predicted molar refractivity (Wildman–Crippen MR) is 108 cm³/mol. The van der Waals surface area contributed by atoms with Crippen LogP contribution in [0, 0.1) is 31.0 Å². The van der Waals surface area contributed by atoms with Gasteiger partial charge in [-0.25, -0.2) is 4.39 Å². The number of ketones is 1. The van der Waals surface area contributed by atoms with Crippen LogP contribution in [-0.4, -0.2) is 15.5 Å². The Labute approximate surface area is 172 Å². The number of furan rings is 1. The number of nitriles is 1. The standard InChI is InChI=1S/C23H21FN2O4/c1-12-17(11-25)22(28)26(15-6-4-3-5-7-15)23(29)19(12)20(27)21-13(2)16-10-14(24)8-9-18(16)30-21/h8-10,15,29H,3-7H2,1-2H3. The molecule has 0 amide bonds. The predicted octanol–water partition coefficient (Wildman–Crippen LogP) is 4.66. The van der Waals surface area contributed by atoms with Crippen LogP contribution < -0.4 is 5.56 Å². The molecule has 2 heterocycles. The van der Waals surface area contributed by atoms with E-state index in [1.807, 2.05) is 6.07 Å². The first-order valence-corrected chi connectivity index (χ1v) is 9.96. The highest BCUT2D eigenvalue weighted by molar-refractivity contribution is 6.12. The van der Waals surface area contributed by atoms with Crippen LogP contribution in [0.4, 0.5) is 4.39 Å². The van der Waals surface area contributed by atoms with Gasteiger partial charge in [-0.05, 0) is 50.5 Å². The summed E-state index contributed by atoms with van der Waals surface area (Å²) in [6.45, 7) is 3.10. The van der Waals surface area contributed by atoms with Gasteiger partial charge in [0, 0.05) is 17.0 Å². The first kappa shape index (κ1) is 19.9. The van der Waals surface area contributed by atoms with Gasteiger partial charge >= 0.3 is 0 Å². The molecule has 1 saturated carbocycles. The smallest absolute Gasteiger partial charge is 0.271 e. The lowest BCUT2D eigenvalue weighted by Crippen LogP contribution is -2.31. The number of rotatable bonds is 3. The number of carbonyl (C=O) groups excluding carboxylic acids is 1. The summed E-state index contributed by atoms with van der Waals surface area (Å²) in [5, 5.41) is 21.0. The van der Waals surface area contributed by atoms with Crippen LogP contribution in [-0.2, 0) is 0 Å². The molecule has 1 N–H and O–H groups in total. The molecule has 0 unspecified atom stereocenters. The summed E-state index contributed by atoms with van der Waals surface area (Å²) < 4.78 is 20.5. The lowest BCUT2D eigenvalue weighted by Gasteiger charge is -2.26. The zero-order valence-corrected chi connectivity index (χ0v) is 16.8. The topological polar surface area (TPSA) is 96.2 Å². The average Bonchev–Trinajstić information content (AvgIpc) is 3.05. The molecule has 2 aromatic heterocycles. The Hall–Kier alpha value is -3.40. The Morgan fingerprint density at radius 3 is 2.60 bits per heavy atom. The molecule has 1 aliphatic carbocycles. The number of aromatic nitrogens is 1. The van der Waals surface area contributed by atoms with Crippen LogP contribution in [0.25, 0.3) is 11.0 Å². The van der Waals surface area contributed by atoms with E-state index in [1.165, 1.54) is 29.7 Å². The molecule has 0 saturated heterocycles. The molecule has 3 aromatic rings. The molecule has 0 radical (unpaired) electrons. The minimum atomic E-state index is -0.639. The molecule has 0 atom stereocenters. The van der Waals surface area contributed by atoms with Crippen molar-refractivity contribution in [3.63, 3.8) is 0 Å². The number of carbonyl (C=O) groups is 1. The third-order valence-electron chi connectivity index (χ3n) is 6.02. The highest BCUT2D eigenvalue weighted by atomic mass is 19.1. The summed E-state index contributed by atoms with van der Waals surface area (Å²) in [5.41, 5.74) is 0.0149. The summed E-state index contributed by atoms with van der Waals surface area (Å²) in [5.74, 6) is -1.59. The maximum Gasteiger partial charge on any atom is 0.271 e. The van der Waals surface area contributed by atoms with Crippen LogP contribution in [0.3, 0.4) is 0 Å². The monoisotopic (exact) mass is 408 g/mol. The number of pyridine rings is 1. The zero-order chi connectivity index (χ0) is 21.6. The van der Waals surface area contributed by atoms with E-state index in [4.69, 9.17) is 4.42 Å². The second kappa shape index (κ2) is 7.45. The van der Waals surface area contributed by atoms with E-state index < -0.39 is 23.0 Å². The van der Waals surface area contributed by atoms with Crippen LogP contribution >= 0.6 is 0 Å². The average molecular weight is 408 g/mol. The van der Waals surface area contributed by atoms with Crippen molar-refractivity contribution in [3.05, 3.63) is 62.4 Å². The summed E-state index contributed by atoms with van der Waals surface area (Å²) in [7, 11) is 0. The third-order valence-corrected chi connectivity index (χ3v) is 6.02. The summed E-state index contributed by atoms with van der Waals surface area (Å²) in [6.07, 6.45) is 4.24. The van der Waals surface area contributed by atoms with Crippen molar-refractivity contribution in [2.45, 2.75) is 52.0 Å². The van der Waals surface area contributed by atoms with Gasteiger partial charge in [0.25, 0.3) is 5.56 Å². The Kier molecular flexibility index (Phi) is 4.94. The van der Waals surface area contributed by atoms with Gasteiger partial charge < -0.3 is 9.52 Å². The van der Waals surface area contributed by atoms with Crippen molar-refractivity contribution in [2.75, 3.05) is 0 Å². The van der Waals surface area contributed by atoms with Gasteiger partial charge in [0.15, 0.2) is 5.76 Å².